The second kappa shape index (κ2) is 91.6. The predicted molar refractivity (Wildman–Crippen MR) is 546 cm³/mol. The average molecular weight is 1840 g/mol. The fourth-order valence-electron chi connectivity index (χ4n) is 16.6. The molecule has 732 valence electrons. The number of aliphatic hydroxyl groups excluding tert-OH is 2. The summed E-state index contributed by atoms with van der Waals surface area (Å²) >= 11 is 3.67. The minimum absolute atomic E-state index is 0.0105. The van der Waals surface area contributed by atoms with E-state index in [4.69, 9.17) is 36.0 Å². The molecule has 0 rings (SSSR count). The van der Waals surface area contributed by atoms with E-state index in [0.717, 1.165) is 180 Å². The number of nitrogens with zero attached hydrogens (tertiary/aromatic N) is 2. The molecule has 0 aliphatic carbocycles. The monoisotopic (exact) mass is 1840 g/mol. The Balaban J connectivity index is 0. The number of ether oxygens (including phenoxy) is 4. The van der Waals surface area contributed by atoms with Gasteiger partial charge in [0.15, 0.2) is 16.6 Å². The fraction of sp³-hybridized carbons (Fsp3) is 0.980. The van der Waals surface area contributed by atoms with Crippen molar-refractivity contribution in [3.63, 3.8) is 0 Å². The lowest BCUT2D eigenvalue weighted by atomic mass is 10.1. The standard InChI is InChI=1S/2C51H107NO6SSi2/c2*1-9-13-17-20-23-29-39-49(59-47-37-16-12-4)51(54)56-46-36-27-25-32-42-52(43-33-34-44-53)41-31-24-26-35-45-55-50(40-30-22-19-15-11-3)57-61(7,8)58-60(5,6)48-38-28-21-18-14-10-2/h2*49-50,53H,9-48H2,1-8H3. The number of unbranched alkanes of at least 4 members (excludes halogenated alkanes) is 46. The maximum Gasteiger partial charge on any atom is 0.323 e. The lowest BCUT2D eigenvalue weighted by molar-refractivity contribution is -0.144. The number of carbonyl (C=O) groups excluding carboxylic acids is 2. The van der Waals surface area contributed by atoms with Gasteiger partial charge in [0.1, 0.15) is 23.1 Å². The van der Waals surface area contributed by atoms with Crippen molar-refractivity contribution in [2.75, 3.05) is 90.4 Å². The van der Waals surface area contributed by atoms with Crippen LogP contribution >= 0.6 is 23.5 Å². The largest absolute Gasteiger partial charge is 0.465 e. The molecule has 0 amide bonds. The lowest BCUT2D eigenvalue weighted by Crippen LogP contribution is -2.48. The van der Waals surface area contributed by atoms with Gasteiger partial charge in [-0.2, -0.15) is 0 Å². The molecule has 0 heterocycles. The highest BCUT2D eigenvalue weighted by atomic mass is 32.2. The van der Waals surface area contributed by atoms with Crippen LogP contribution in [0.25, 0.3) is 0 Å². The first-order valence-electron chi connectivity index (χ1n) is 53.3. The van der Waals surface area contributed by atoms with E-state index in [2.05, 4.69) is 118 Å². The summed E-state index contributed by atoms with van der Waals surface area (Å²) in [5, 5.41) is 18.8. The van der Waals surface area contributed by atoms with E-state index in [1.54, 1.807) is 0 Å². The molecule has 0 saturated heterocycles. The average Bonchev–Trinajstić information content (AvgIpc) is 0.857. The molecule has 0 radical (unpaired) electrons. The van der Waals surface area contributed by atoms with Crippen LogP contribution in [0.2, 0.25) is 64.5 Å². The van der Waals surface area contributed by atoms with Crippen molar-refractivity contribution in [2.45, 2.75) is 554 Å². The molecule has 0 bridgehead atoms. The highest BCUT2D eigenvalue weighted by Crippen LogP contribution is 2.30. The summed E-state index contributed by atoms with van der Waals surface area (Å²) in [6, 6.07) is 2.44. The Hall–Kier alpha value is 0.108. The quantitative estimate of drug-likeness (QED) is 0.0257. The van der Waals surface area contributed by atoms with E-state index in [0.29, 0.717) is 13.2 Å². The molecule has 4 atom stereocenters. The number of thioether (sulfide) groups is 2. The summed E-state index contributed by atoms with van der Waals surface area (Å²) in [6.45, 7) is 46.4. The zero-order chi connectivity index (χ0) is 90.3. The predicted octanol–water partition coefficient (Wildman–Crippen LogP) is 31.5. The third kappa shape index (κ3) is 86.8. The molecule has 0 aliphatic heterocycles. The van der Waals surface area contributed by atoms with Crippen molar-refractivity contribution < 1.29 is 55.8 Å². The van der Waals surface area contributed by atoms with Crippen molar-refractivity contribution in [1.29, 1.82) is 0 Å². The summed E-state index contributed by atoms with van der Waals surface area (Å²) in [5.74, 6) is 2.18. The van der Waals surface area contributed by atoms with E-state index in [1.807, 2.05) is 23.5 Å². The van der Waals surface area contributed by atoms with Gasteiger partial charge in [0.05, 0.1) is 13.2 Å². The lowest BCUT2D eigenvalue weighted by Gasteiger charge is -2.36. The molecule has 0 aromatic heterocycles. The minimum Gasteiger partial charge on any atom is -0.465 e. The van der Waals surface area contributed by atoms with Crippen molar-refractivity contribution in [3.05, 3.63) is 0 Å². The SMILES string of the molecule is CCCCCCCCC(SCCCCC)C(=O)OCCCCCCN(CCCCO)CCCCCCOC(CCCCCCC)O[Si](C)(C)O[Si](C)(C)CCCCCCCC.CCCCCCCCC(SCCCCC)C(=O)OCCCCCCN(CCCCO)CCCCCCOC(CCCCCCC)O[Si](C)(C)O[Si](C)(C)CCCCCCCC. The normalized spacial score (nSPS) is 13.3. The smallest absolute Gasteiger partial charge is 0.323 e. The van der Waals surface area contributed by atoms with E-state index >= 15 is 0 Å². The molecular weight excluding hydrogens is 1620 g/mol. The van der Waals surface area contributed by atoms with Crippen LogP contribution in [0.1, 0.15) is 466 Å². The van der Waals surface area contributed by atoms with Gasteiger partial charge in [-0.15, -0.1) is 23.5 Å². The van der Waals surface area contributed by atoms with Crippen LogP contribution in [-0.4, -0.2) is 179 Å². The van der Waals surface area contributed by atoms with E-state index in [1.165, 1.54) is 307 Å². The van der Waals surface area contributed by atoms with E-state index < -0.39 is 33.8 Å². The maximum atomic E-state index is 13.0. The summed E-state index contributed by atoms with van der Waals surface area (Å²) in [7, 11) is -8.20. The van der Waals surface area contributed by atoms with Gasteiger partial charge < -0.3 is 56.0 Å². The highest BCUT2D eigenvalue weighted by Gasteiger charge is 2.38. The first-order chi connectivity index (χ1) is 59.1. The summed E-state index contributed by atoms with van der Waals surface area (Å²) < 4.78 is 51.9. The first-order valence-corrected chi connectivity index (χ1v) is 67.3. The van der Waals surface area contributed by atoms with Crippen molar-refractivity contribution in [1.82, 2.24) is 9.80 Å². The van der Waals surface area contributed by atoms with Crippen molar-refractivity contribution in [3.8, 4) is 0 Å². The third-order valence-electron chi connectivity index (χ3n) is 23.9. The number of carbonyl (C=O) groups is 2. The van der Waals surface area contributed by atoms with Crippen LogP contribution in [0.4, 0.5) is 0 Å². The van der Waals surface area contributed by atoms with Crippen molar-refractivity contribution >= 4 is 69.2 Å². The molecule has 0 spiro atoms. The minimum atomic E-state index is -2.32. The van der Waals surface area contributed by atoms with Gasteiger partial charge in [0.2, 0.25) is 0 Å². The van der Waals surface area contributed by atoms with Gasteiger partial charge >= 0.3 is 29.1 Å². The molecule has 0 aromatic carbocycles. The zero-order valence-corrected chi connectivity index (χ0v) is 90.2. The number of esters is 2. The van der Waals surface area contributed by atoms with Gasteiger partial charge in [0.25, 0.3) is 0 Å². The maximum absolute atomic E-state index is 13.0. The van der Waals surface area contributed by atoms with Crippen LogP contribution in [0.3, 0.4) is 0 Å². The highest BCUT2D eigenvalue weighted by molar-refractivity contribution is 8.00. The van der Waals surface area contributed by atoms with Gasteiger partial charge in [0, 0.05) is 26.4 Å². The Labute approximate surface area is 773 Å². The Morgan fingerprint density at radius 1 is 0.270 bits per heavy atom. The van der Waals surface area contributed by atoms with Gasteiger partial charge in [-0.25, -0.2) is 0 Å². The second-order valence-corrected chi connectivity index (χ2v) is 56.9. The molecule has 0 fully saturated rings. The topological polar surface area (TPSA) is 155 Å². The number of aliphatic hydroxyl groups is 2. The Morgan fingerprint density at radius 3 is 0.787 bits per heavy atom. The molecule has 14 nitrogen and oxygen atoms in total. The molecule has 0 aliphatic rings. The van der Waals surface area contributed by atoms with E-state index in [9.17, 15) is 19.8 Å². The number of hydrogen-bond donors (Lipinski definition) is 2. The van der Waals surface area contributed by atoms with Crippen molar-refractivity contribution in [2.24, 2.45) is 0 Å². The Morgan fingerprint density at radius 2 is 0.500 bits per heavy atom. The van der Waals surface area contributed by atoms with Crippen LogP contribution in [0, 0.1) is 0 Å². The van der Waals surface area contributed by atoms with Crippen LogP contribution in [-0.2, 0) is 45.6 Å². The molecule has 0 saturated carbocycles. The van der Waals surface area contributed by atoms with Gasteiger partial charge in [-0.3, -0.25) is 9.59 Å². The Kier molecular flexibility index (Phi) is 93.2. The van der Waals surface area contributed by atoms with Gasteiger partial charge in [-0.05, 0) is 244 Å². The van der Waals surface area contributed by atoms with Crippen LogP contribution in [0.5, 0.6) is 0 Å². The fourth-order valence-corrected chi connectivity index (χ4v) is 34.6. The summed E-state index contributed by atoms with van der Waals surface area (Å²) in [4.78, 5) is 31.3. The van der Waals surface area contributed by atoms with Crippen LogP contribution < -0.4 is 0 Å². The second-order valence-electron chi connectivity index (χ2n) is 38.6. The zero-order valence-electron chi connectivity index (χ0n) is 84.6. The van der Waals surface area contributed by atoms with Gasteiger partial charge in [-0.1, -0.05) is 338 Å². The molecule has 2 N–H and O–H groups in total. The molecule has 20 heteroatoms. The number of rotatable bonds is 98. The molecular formula is C102H214N2O12S2Si4. The summed E-state index contributed by atoms with van der Waals surface area (Å²) in [5.41, 5.74) is 0. The summed E-state index contributed by atoms with van der Waals surface area (Å²) in [6.07, 6.45) is 76.6. The van der Waals surface area contributed by atoms with Crippen LogP contribution in [0.15, 0.2) is 0 Å². The number of hydrogen-bond acceptors (Lipinski definition) is 16. The third-order valence-corrected chi connectivity index (χ3v) is 39.7. The Bertz CT molecular complexity index is 2010. The molecule has 0 aromatic rings. The van der Waals surface area contributed by atoms with E-state index in [-0.39, 0.29) is 48.2 Å². The molecule has 122 heavy (non-hydrogen) atoms. The first kappa shape index (κ1) is 124. The molecule has 4 unspecified atom stereocenters.